The van der Waals surface area contributed by atoms with Crippen LogP contribution in [0.4, 0.5) is 13.2 Å². The van der Waals surface area contributed by atoms with E-state index in [4.69, 9.17) is 14.2 Å². The van der Waals surface area contributed by atoms with Gasteiger partial charge in [0.05, 0.1) is 19.8 Å². The van der Waals surface area contributed by atoms with Gasteiger partial charge in [-0.2, -0.15) is 13.2 Å². The number of hydrogen-bond donors (Lipinski definition) is 1. The third-order valence-electron chi connectivity index (χ3n) is 3.63. The van der Waals surface area contributed by atoms with E-state index in [-0.39, 0.29) is 19.4 Å². The standard InChI is InChI=1S/C14H20F3NO4/c1-2-20-12(19)5-4-10-8-13(21-6-3-7-22-13)9-11(18-10)14(15,16)17/h4-5,10-11,18H,2-3,6-9H2,1H3/b5-4+. The number of nitrogens with one attached hydrogen (secondary N) is 1. The van der Waals surface area contributed by atoms with E-state index < -0.39 is 30.0 Å². The normalized spacial score (nSPS) is 28.9. The number of esters is 1. The highest BCUT2D eigenvalue weighted by Gasteiger charge is 2.52. The summed E-state index contributed by atoms with van der Waals surface area (Å²) >= 11 is 0. The van der Waals surface area contributed by atoms with Crippen molar-refractivity contribution in [2.75, 3.05) is 19.8 Å². The van der Waals surface area contributed by atoms with Crippen molar-refractivity contribution in [3.8, 4) is 0 Å². The van der Waals surface area contributed by atoms with E-state index in [0.717, 1.165) is 6.08 Å². The van der Waals surface area contributed by atoms with Crippen molar-refractivity contribution >= 4 is 5.97 Å². The lowest BCUT2D eigenvalue weighted by molar-refractivity contribution is -0.300. The fourth-order valence-electron chi connectivity index (χ4n) is 2.68. The molecule has 0 amide bonds. The monoisotopic (exact) mass is 323 g/mol. The van der Waals surface area contributed by atoms with Crippen molar-refractivity contribution < 1.29 is 32.2 Å². The molecule has 126 valence electrons. The fourth-order valence-corrected chi connectivity index (χ4v) is 2.68. The van der Waals surface area contributed by atoms with Crippen LogP contribution in [0, 0.1) is 0 Å². The molecule has 1 N–H and O–H groups in total. The number of carbonyl (C=O) groups excluding carboxylic acids is 1. The molecule has 22 heavy (non-hydrogen) atoms. The highest BCUT2D eigenvalue weighted by molar-refractivity contribution is 5.81. The van der Waals surface area contributed by atoms with Gasteiger partial charge in [0.1, 0.15) is 6.04 Å². The minimum Gasteiger partial charge on any atom is -0.463 e. The second kappa shape index (κ2) is 6.97. The number of ether oxygens (including phenoxy) is 3. The number of piperidine rings is 1. The lowest BCUT2D eigenvalue weighted by Crippen LogP contribution is -2.60. The number of hydrogen-bond acceptors (Lipinski definition) is 5. The maximum absolute atomic E-state index is 13.1. The second-order valence-electron chi connectivity index (χ2n) is 5.35. The van der Waals surface area contributed by atoms with Crippen LogP contribution in [0.1, 0.15) is 26.2 Å². The van der Waals surface area contributed by atoms with E-state index in [0.29, 0.717) is 19.6 Å². The summed E-state index contributed by atoms with van der Waals surface area (Å²) in [6.45, 7) is 2.61. The molecule has 2 fully saturated rings. The molecule has 0 radical (unpaired) electrons. The Morgan fingerprint density at radius 2 is 2.05 bits per heavy atom. The molecule has 0 aromatic heterocycles. The van der Waals surface area contributed by atoms with Gasteiger partial charge in [-0.25, -0.2) is 4.79 Å². The molecule has 0 bridgehead atoms. The van der Waals surface area contributed by atoms with E-state index in [1.54, 1.807) is 6.92 Å². The van der Waals surface area contributed by atoms with Gasteiger partial charge in [0.25, 0.3) is 0 Å². The summed E-state index contributed by atoms with van der Waals surface area (Å²) in [4.78, 5) is 11.3. The van der Waals surface area contributed by atoms with Crippen LogP contribution in [-0.4, -0.2) is 49.8 Å². The van der Waals surface area contributed by atoms with Crippen LogP contribution in [0.2, 0.25) is 0 Å². The fraction of sp³-hybridized carbons (Fsp3) is 0.786. The van der Waals surface area contributed by atoms with Gasteiger partial charge in [-0.1, -0.05) is 6.08 Å². The average molecular weight is 323 g/mol. The van der Waals surface area contributed by atoms with Gasteiger partial charge in [0, 0.05) is 25.0 Å². The predicted octanol–water partition coefficient (Wildman–Crippen LogP) is 1.92. The first kappa shape index (κ1) is 17.2. The smallest absolute Gasteiger partial charge is 0.404 e. The zero-order valence-electron chi connectivity index (χ0n) is 12.3. The summed E-state index contributed by atoms with van der Waals surface area (Å²) in [6.07, 6.45) is -1.31. The highest BCUT2D eigenvalue weighted by Crippen LogP contribution is 2.38. The van der Waals surface area contributed by atoms with Crippen molar-refractivity contribution in [3.05, 3.63) is 12.2 Å². The number of halogens is 3. The van der Waals surface area contributed by atoms with Gasteiger partial charge in [-0.05, 0) is 13.3 Å². The van der Waals surface area contributed by atoms with Crippen molar-refractivity contribution in [3.63, 3.8) is 0 Å². The Morgan fingerprint density at radius 1 is 1.36 bits per heavy atom. The van der Waals surface area contributed by atoms with Gasteiger partial charge in [-0.3, -0.25) is 5.32 Å². The van der Waals surface area contributed by atoms with Crippen LogP contribution < -0.4 is 5.32 Å². The molecule has 2 aliphatic rings. The van der Waals surface area contributed by atoms with Crippen molar-refractivity contribution in [1.29, 1.82) is 0 Å². The van der Waals surface area contributed by atoms with E-state index in [2.05, 4.69) is 5.32 Å². The van der Waals surface area contributed by atoms with Gasteiger partial charge in [-0.15, -0.1) is 0 Å². The minimum atomic E-state index is -4.41. The van der Waals surface area contributed by atoms with Crippen LogP contribution in [0.3, 0.4) is 0 Å². The Labute approximate surface area is 126 Å². The van der Waals surface area contributed by atoms with Crippen LogP contribution in [0.5, 0.6) is 0 Å². The zero-order valence-corrected chi connectivity index (χ0v) is 12.3. The molecule has 0 aliphatic carbocycles. The Hall–Kier alpha value is -1.12. The van der Waals surface area contributed by atoms with E-state index in [1.807, 2.05) is 0 Å². The third-order valence-corrected chi connectivity index (χ3v) is 3.63. The summed E-state index contributed by atoms with van der Waals surface area (Å²) in [6, 6.07) is -2.42. The summed E-state index contributed by atoms with van der Waals surface area (Å²) in [5.74, 6) is -1.83. The molecule has 2 atom stereocenters. The van der Waals surface area contributed by atoms with Crippen molar-refractivity contribution in [1.82, 2.24) is 5.32 Å². The maximum atomic E-state index is 13.1. The van der Waals surface area contributed by atoms with E-state index in [1.165, 1.54) is 6.08 Å². The summed E-state index contributed by atoms with van der Waals surface area (Å²) in [5.41, 5.74) is 0. The van der Waals surface area contributed by atoms with Gasteiger partial charge >= 0.3 is 12.1 Å². The zero-order chi connectivity index (χ0) is 16.2. The Bertz CT molecular complexity index is 419. The molecule has 5 nitrogen and oxygen atoms in total. The minimum absolute atomic E-state index is 0.211. The molecule has 0 aromatic rings. The first-order valence-electron chi connectivity index (χ1n) is 7.30. The van der Waals surface area contributed by atoms with E-state index in [9.17, 15) is 18.0 Å². The van der Waals surface area contributed by atoms with Gasteiger partial charge in [0.15, 0.2) is 5.79 Å². The maximum Gasteiger partial charge on any atom is 0.404 e. The molecule has 1 spiro atoms. The van der Waals surface area contributed by atoms with Gasteiger partial charge < -0.3 is 14.2 Å². The molecular weight excluding hydrogens is 303 g/mol. The Kier molecular flexibility index (Phi) is 5.46. The molecule has 2 saturated heterocycles. The molecule has 8 heteroatoms. The van der Waals surface area contributed by atoms with Crippen molar-refractivity contribution in [2.24, 2.45) is 0 Å². The van der Waals surface area contributed by atoms with Crippen LogP contribution >= 0.6 is 0 Å². The molecule has 0 saturated carbocycles. The topological polar surface area (TPSA) is 56.8 Å². The SMILES string of the molecule is CCOC(=O)/C=C/C1CC2(CC(C(F)(F)F)N1)OCCCO2. The largest absolute Gasteiger partial charge is 0.463 e. The molecule has 0 aromatic carbocycles. The summed E-state index contributed by atoms with van der Waals surface area (Å²) in [5, 5.41) is 2.48. The van der Waals surface area contributed by atoms with Crippen LogP contribution in [0.15, 0.2) is 12.2 Å². The first-order chi connectivity index (χ1) is 10.3. The number of alkyl halides is 3. The Morgan fingerprint density at radius 3 is 2.64 bits per heavy atom. The lowest BCUT2D eigenvalue weighted by atomic mass is 9.91. The van der Waals surface area contributed by atoms with Gasteiger partial charge in [0.2, 0.25) is 0 Å². The average Bonchev–Trinajstić information content (AvgIpc) is 2.45. The van der Waals surface area contributed by atoms with Crippen molar-refractivity contribution in [2.45, 2.75) is 50.2 Å². The molecule has 2 unspecified atom stereocenters. The lowest BCUT2D eigenvalue weighted by Gasteiger charge is -2.46. The number of rotatable bonds is 3. The first-order valence-corrected chi connectivity index (χ1v) is 7.30. The number of carbonyl (C=O) groups is 1. The van der Waals surface area contributed by atoms with E-state index >= 15 is 0 Å². The Balaban J connectivity index is 2.10. The third kappa shape index (κ3) is 4.44. The quantitative estimate of drug-likeness (QED) is 0.635. The molecule has 2 rings (SSSR count). The molecular formula is C14H20F3NO4. The summed E-state index contributed by atoms with van der Waals surface area (Å²) < 4.78 is 55.0. The highest BCUT2D eigenvalue weighted by atomic mass is 19.4. The van der Waals surface area contributed by atoms with Crippen LogP contribution in [-0.2, 0) is 19.0 Å². The summed E-state index contributed by atoms with van der Waals surface area (Å²) in [7, 11) is 0. The molecule has 2 aliphatic heterocycles. The molecule has 2 heterocycles. The predicted molar refractivity (Wildman–Crippen MR) is 71.0 cm³/mol. The van der Waals surface area contributed by atoms with Crippen LogP contribution in [0.25, 0.3) is 0 Å². The second-order valence-corrected chi connectivity index (χ2v) is 5.35.